The lowest BCUT2D eigenvalue weighted by Gasteiger charge is -2.25. The highest BCUT2D eigenvalue weighted by molar-refractivity contribution is 5.82. The van der Waals surface area contributed by atoms with E-state index in [9.17, 15) is 5.11 Å². The first-order valence-corrected chi connectivity index (χ1v) is 14.3. The maximum absolute atomic E-state index is 9.23. The second-order valence-corrected chi connectivity index (χ2v) is 11.0. The number of hydrogen-bond donors (Lipinski definition) is 2. The molecular formula is C33H38N4O. The number of benzene rings is 2. The number of aliphatic hydroxyl groups is 1. The summed E-state index contributed by atoms with van der Waals surface area (Å²) in [6.45, 7) is 4.41. The number of anilines is 3. The highest BCUT2D eigenvalue weighted by Crippen LogP contribution is 2.43. The summed E-state index contributed by atoms with van der Waals surface area (Å²) in [4.78, 5) is 12.2. The Morgan fingerprint density at radius 1 is 1.03 bits per heavy atom. The maximum Gasteiger partial charge on any atom is 0.227 e. The van der Waals surface area contributed by atoms with E-state index in [0.29, 0.717) is 11.9 Å². The fourth-order valence-electron chi connectivity index (χ4n) is 5.86. The summed E-state index contributed by atoms with van der Waals surface area (Å²) in [6, 6.07) is 15.6. The fourth-order valence-corrected chi connectivity index (χ4v) is 5.86. The van der Waals surface area contributed by atoms with E-state index >= 15 is 0 Å². The molecule has 1 aliphatic heterocycles. The molecule has 1 fully saturated rings. The van der Waals surface area contributed by atoms with Crippen molar-refractivity contribution in [1.29, 1.82) is 0 Å². The van der Waals surface area contributed by atoms with Gasteiger partial charge in [0.1, 0.15) is 0 Å². The van der Waals surface area contributed by atoms with Gasteiger partial charge in [0.15, 0.2) is 0 Å². The second kappa shape index (κ2) is 11.1. The molecule has 0 radical (unpaired) electrons. The molecule has 0 amide bonds. The van der Waals surface area contributed by atoms with Crippen LogP contribution in [-0.2, 0) is 6.42 Å². The standard InChI is InChI=1S/C33H38N4O/c1-23-22-34-33(36-32(23)31-12-4-10-26-9-2-3-11-30(26)31)35-28-19-27(25-13-14-25)20-29(21-28)37-16-5-7-24(15-17-37)8-6-18-38/h2-3,7,9,11-12,19-22,25,38H,4-6,8,10,13-18H2,1H3,(H,34,35,36). The van der Waals surface area contributed by atoms with E-state index in [1.807, 2.05) is 6.20 Å². The van der Waals surface area contributed by atoms with Gasteiger partial charge in [0.25, 0.3) is 0 Å². The van der Waals surface area contributed by atoms with Gasteiger partial charge in [0.05, 0.1) is 5.69 Å². The molecule has 2 N–H and O–H groups in total. The first-order valence-electron chi connectivity index (χ1n) is 14.3. The molecule has 6 rings (SSSR count). The Hall–Kier alpha value is -3.44. The molecular weight excluding hydrogens is 468 g/mol. The number of aromatic nitrogens is 2. The predicted octanol–water partition coefficient (Wildman–Crippen LogP) is 7.08. The molecule has 1 saturated carbocycles. The van der Waals surface area contributed by atoms with Crippen molar-refractivity contribution in [2.24, 2.45) is 0 Å². The summed E-state index contributed by atoms with van der Waals surface area (Å²) in [6.07, 6.45) is 15.3. The van der Waals surface area contributed by atoms with Crippen LogP contribution in [0.5, 0.6) is 0 Å². The van der Waals surface area contributed by atoms with E-state index in [1.54, 1.807) is 0 Å². The van der Waals surface area contributed by atoms with Crippen LogP contribution in [0.3, 0.4) is 0 Å². The van der Waals surface area contributed by atoms with E-state index < -0.39 is 0 Å². The molecule has 196 valence electrons. The van der Waals surface area contributed by atoms with E-state index in [-0.39, 0.29) is 6.61 Å². The molecule has 0 spiro atoms. The van der Waals surface area contributed by atoms with Gasteiger partial charge in [-0.05, 0) is 105 Å². The lowest BCUT2D eigenvalue weighted by molar-refractivity contribution is 0.288. The number of aliphatic hydroxyl groups excluding tert-OH is 1. The lowest BCUT2D eigenvalue weighted by Crippen LogP contribution is -2.24. The molecule has 2 heterocycles. The average Bonchev–Trinajstić information content (AvgIpc) is 3.81. The minimum Gasteiger partial charge on any atom is -0.396 e. The SMILES string of the molecule is Cc1cnc(Nc2cc(C3CC3)cc(N3CCC=C(CCCO)CC3)c2)nc1C1=CCCc2ccccc21. The molecule has 1 aromatic heterocycles. The summed E-state index contributed by atoms with van der Waals surface area (Å²) in [5.41, 5.74) is 11.3. The van der Waals surface area contributed by atoms with Gasteiger partial charge in [0.2, 0.25) is 5.95 Å². The Kier molecular flexibility index (Phi) is 7.28. The van der Waals surface area contributed by atoms with Gasteiger partial charge in [-0.15, -0.1) is 0 Å². The Morgan fingerprint density at radius 2 is 1.92 bits per heavy atom. The van der Waals surface area contributed by atoms with Crippen LogP contribution in [0.15, 0.2) is 66.4 Å². The van der Waals surface area contributed by atoms with E-state index in [2.05, 4.69) is 76.7 Å². The summed E-state index contributed by atoms with van der Waals surface area (Å²) in [5.74, 6) is 1.32. The third-order valence-electron chi connectivity index (χ3n) is 8.10. The summed E-state index contributed by atoms with van der Waals surface area (Å²) in [7, 11) is 0. The van der Waals surface area contributed by atoms with Crippen molar-refractivity contribution in [2.75, 3.05) is 29.9 Å². The van der Waals surface area contributed by atoms with Crippen molar-refractivity contribution in [3.63, 3.8) is 0 Å². The molecule has 5 nitrogen and oxygen atoms in total. The van der Waals surface area contributed by atoms with E-state index in [0.717, 1.165) is 68.6 Å². The third-order valence-corrected chi connectivity index (χ3v) is 8.10. The molecule has 2 aromatic carbocycles. The van der Waals surface area contributed by atoms with Crippen LogP contribution in [-0.4, -0.2) is 34.8 Å². The van der Waals surface area contributed by atoms with Crippen LogP contribution in [0.25, 0.3) is 5.57 Å². The summed E-state index contributed by atoms with van der Waals surface area (Å²) < 4.78 is 0. The van der Waals surface area contributed by atoms with E-state index in [4.69, 9.17) is 4.98 Å². The summed E-state index contributed by atoms with van der Waals surface area (Å²) >= 11 is 0. The van der Waals surface area contributed by atoms with Crippen LogP contribution in [0, 0.1) is 6.92 Å². The van der Waals surface area contributed by atoms with Crippen LogP contribution in [0.1, 0.15) is 78.8 Å². The lowest BCUT2D eigenvalue weighted by atomic mass is 9.88. The van der Waals surface area contributed by atoms with Crippen LogP contribution < -0.4 is 10.2 Å². The molecule has 2 aliphatic carbocycles. The number of rotatable bonds is 8. The van der Waals surface area contributed by atoms with Crippen molar-refractivity contribution in [3.05, 3.63) is 94.3 Å². The Labute approximate surface area is 226 Å². The fraction of sp³-hybridized carbons (Fsp3) is 0.394. The first-order chi connectivity index (χ1) is 18.7. The normalized spacial score (nSPS) is 17.4. The van der Waals surface area contributed by atoms with Crippen molar-refractivity contribution in [3.8, 4) is 0 Å². The Bertz CT molecular complexity index is 1370. The van der Waals surface area contributed by atoms with Crippen LogP contribution >= 0.6 is 0 Å². The van der Waals surface area contributed by atoms with Gasteiger partial charge in [-0.2, -0.15) is 0 Å². The number of hydrogen-bond acceptors (Lipinski definition) is 5. The monoisotopic (exact) mass is 506 g/mol. The van der Waals surface area contributed by atoms with Gasteiger partial charge in [-0.25, -0.2) is 9.97 Å². The number of fused-ring (bicyclic) bond motifs is 1. The van der Waals surface area contributed by atoms with Crippen molar-refractivity contribution in [2.45, 2.75) is 64.2 Å². The molecule has 0 atom stereocenters. The minimum absolute atomic E-state index is 0.270. The third kappa shape index (κ3) is 5.53. The van der Waals surface area contributed by atoms with Gasteiger partial charge in [-0.3, -0.25) is 0 Å². The number of nitrogens with one attached hydrogen (secondary N) is 1. The zero-order valence-electron chi connectivity index (χ0n) is 22.4. The Morgan fingerprint density at radius 3 is 2.79 bits per heavy atom. The molecule has 5 heteroatoms. The predicted molar refractivity (Wildman–Crippen MR) is 156 cm³/mol. The van der Waals surface area contributed by atoms with Crippen LogP contribution in [0.2, 0.25) is 0 Å². The zero-order chi connectivity index (χ0) is 25.9. The molecule has 38 heavy (non-hydrogen) atoms. The smallest absolute Gasteiger partial charge is 0.227 e. The van der Waals surface area contributed by atoms with Gasteiger partial charge < -0.3 is 15.3 Å². The molecule has 0 bridgehead atoms. The summed E-state index contributed by atoms with van der Waals surface area (Å²) in [5, 5.41) is 12.8. The first kappa shape index (κ1) is 24.9. The second-order valence-electron chi connectivity index (χ2n) is 11.0. The largest absolute Gasteiger partial charge is 0.396 e. The zero-order valence-corrected chi connectivity index (χ0v) is 22.4. The van der Waals surface area contributed by atoms with Crippen LogP contribution in [0.4, 0.5) is 17.3 Å². The van der Waals surface area contributed by atoms with Gasteiger partial charge >= 0.3 is 0 Å². The minimum atomic E-state index is 0.270. The van der Waals surface area contributed by atoms with Gasteiger partial charge in [0, 0.05) is 42.8 Å². The topological polar surface area (TPSA) is 61.3 Å². The van der Waals surface area contributed by atoms with E-state index in [1.165, 1.54) is 46.4 Å². The molecule has 0 unspecified atom stereocenters. The molecule has 0 saturated heterocycles. The molecule has 3 aromatic rings. The quantitative estimate of drug-likeness (QED) is 0.320. The van der Waals surface area contributed by atoms with Crippen molar-refractivity contribution < 1.29 is 5.11 Å². The highest BCUT2D eigenvalue weighted by Gasteiger charge is 2.25. The van der Waals surface area contributed by atoms with Crippen molar-refractivity contribution >= 4 is 22.9 Å². The van der Waals surface area contributed by atoms with Crippen molar-refractivity contribution in [1.82, 2.24) is 9.97 Å². The molecule has 3 aliphatic rings. The highest BCUT2D eigenvalue weighted by atomic mass is 16.2. The average molecular weight is 507 g/mol. The van der Waals surface area contributed by atoms with Gasteiger partial charge in [-0.1, -0.05) is 42.0 Å². The maximum atomic E-state index is 9.23. The number of aryl methyl sites for hydroxylation is 2. The number of allylic oxidation sites excluding steroid dienone is 1. The Balaban J connectivity index is 1.26. The number of nitrogens with zero attached hydrogens (tertiary/aromatic N) is 3.